The molecular weight excluding hydrogens is 1090 g/mol. The number of ether oxygens (including phenoxy) is 2. The molecule has 1 N–H and O–H groups in total. The van der Waals surface area contributed by atoms with Crippen molar-refractivity contribution >= 4 is 57.7 Å². The van der Waals surface area contributed by atoms with Crippen molar-refractivity contribution in [2.45, 2.75) is 81.7 Å². The van der Waals surface area contributed by atoms with Crippen LogP contribution in [0.1, 0.15) is 92.9 Å². The standard InChI is InChI=1S/C32H37N3O3.C28H31N3O.C5H9IO2/c1-2-38-30(36)24-34-25-35(28-16-10-5-11-17-28)32(31(34)37)19-22-33(23-20-32)21-18-29(26-12-6-3-7-13-26)27-14-8-4-9-15-27;32-27-28(31(22-29-27)25-14-8-3-9-15-25)17-20-30(21-18-28)19-16-26(23-10-4-1-5-11-23)24-12-6-2-7-13-24;1-2-8-5(7)3-4-6/h3-17,29H,2,18-25H2,1H3;1-15,26H,16-22H2,(H,29,32);2-4H2,1H3. The maximum Gasteiger partial charge on any atom is 0.325 e. The van der Waals surface area contributed by atoms with Gasteiger partial charge in [0.1, 0.15) is 17.6 Å². The van der Waals surface area contributed by atoms with Crippen LogP contribution in [0.3, 0.4) is 0 Å². The van der Waals surface area contributed by atoms with Gasteiger partial charge in [-0.2, -0.15) is 0 Å². The van der Waals surface area contributed by atoms with Gasteiger partial charge < -0.3 is 39.3 Å². The Morgan fingerprint density at radius 1 is 0.526 bits per heavy atom. The van der Waals surface area contributed by atoms with Crippen LogP contribution in [0.5, 0.6) is 0 Å². The predicted molar refractivity (Wildman–Crippen MR) is 320 cm³/mol. The van der Waals surface area contributed by atoms with Crippen molar-refractivity contribution in [2.75, 3.05) is 86.6 Å². The Bertz CT molecular complexity index is 2680. The van der Waals surface area contributed by atoms with E-state index in [9.17, 15) is 19.2 Å². The maximum absolute atomic E-state index is 13.8. The number of para-hydroxylation sites is 2. The molecular formula is C65H77IN6O6. The fourth-order valence-electron chi connectivity index (χ4n) is 11.7. The largest absolute Gasteiger partial charge is 0.466 e. The third kappa shape index (κ3) is 14.6. The van der Waals surface area contributed by atoms with E-state index in [1.54, 1.807) is 11.8 Å². The van der Waals surface area contributed by atoms with Crippen LogP contribution in [0, 0.1) is 0 Å². The number of amides is 2. The van der Waals surface area contributed by atoms with Crippen LogP contribution in [0.15, 0.2) is 182 Å². The molecule has 4 heterocycles. The lowest BCUT2D eigenvalue weighted by Gasteiger charge is -2.43. The van der Waals surface area contributed by atoms with Gasteiger partial charge >= 0.3 is 11.9 Å². The first kappa shape index (κ1) is 57.6. The molecule has 12 nitrogen and oxygen atoms in total. The van der Waals surface area contributed by atoms with Crippen molar-refractivity contribution in [3.05, 3.63) is 204 Å². The van der Waals surface area contributed by atoms with E-state index >= 15 is 0 Å². The second kappa shape index (κ2) is 28.9. The van der Waals surface area contributed by atoms with Gasteiger partial charge in [0.25, 0.3) is 5.91 Å². The number of alkyl halides is 1. The summed E-state index contributed by atoms with van der Waals surface area (Å²) < 4.78 is 10.6. The van der Waals surface area contributed by atoms with E-state index in [1.807, 2.05) is 43.3 Å². The van der Waals surface area contributed by atoms with Crippen molar-refractivity contribution in [1.29, 1.82) is 0 Å². The number of nitrogens with one attached hydrogen (secondary N) is 1. The van der Waals surface area contributed by atoms with Crippen LogP contribution in [-0.4, -0.2) is 126 Å². The van der Waals surface area contributed by atoms with E-state index in [-0.39, 0.29) is 30.3 Å². The summed E-state index contributed by atoms with van der Waals surface area (Å²) >= 11 is 2.14. The molecule has 0 aromatic heterocycles. The van der Waals surface area contributed by atoms with Crippen LogP contribution in [-0.2, 0) is 28.7 Å². The van der Waals surface area contributed by atoms with E-state index in [2.05, 4.69) is 198 Å². The lowest BCUT2D eigenvalue weighted by Crippen LogP contribution is -2.56. The zero-order valence-electron chi connectivity index (χ0n) is 45.5. The van der Waals surface area contributed by atoms with E-state index in [0.29, 0.717) is 44.8 Å². The molecule has 78 heavy (non-hydrogen) atoms. The van der Waals surface area contributed by atoms with E-state index in [4.69, 9.17) is 4.74 Å². The number of halogens is 1. The highest BCUT2D eigenvalue weighted by molar-refractivity contribution is 14.1. The van der Waals surface area contributed by atoms with Crippen LogP contribution in [0.2, 0.25) is 0 Å². The molecule has 13 heteroatoms. The molecule has 2 amide bonds. The van der Waals surface area contributed by atoms with Crippen molar-refractivity contribution in [1.82, 2.24) is 20.0 Å². The molecule has 6 aromatic carbocycles. The Hall–Kier alpha value is -6.55. The smallest absolute Gasteiger partial charge is 0.325 e. The molecule has 0 atom stereocenters. The van der Waals surface area contributed by atoms with Gasteiger partial charge in [-0.25, -0.2) is 0 Å². The minimum atomic E-state index is -0.622. The molecule has 0 saturated carbocycles. The van der Waals surface area contributed by atoms with Crippen LogP contribution >= 0.6 is 22.6 Å². The number of piperidine rings is 2. The monoisotopic (exact) mass is 1160 g/mol. The van der Waals surface area contributed by atoms with Gasteiger partial charge in [-0.3, -0.25) is 19.2 Å². The Morgan fingerprint density at radius 3 is 1.29 bits per heavy atom. The van der Waals surface area contributed by atoms with Crippen molar-refractivity contribution in [3.8, 4) is 0 Å². The third-order valence-electron chi connectivity index (χ3n) is 15.9. The average molecular weight is 1170 g/mol. The molecule has 4 fully saturated rings. The number of carbonyl (C=O) groups excluding carboxylic acids is 4. The predicted octanol–water partition coefficient (Wildman–Crippen LogP) is 10.9. The third-order valence-corrected chi connectivity index (χ3v) is 16.4. The first-order chi connectivity index (χ1) is 38.2. The summed E-state index contributed by atoms with van der Waals surface area (Å²) in [6.45, 7) is 11.0. The molecule has 10 rings (SSSR count). The minimum absolute atomic E-state index is 0.00268. The number of hydrogen-bond donors (Lipinski definition) is 1. The first-order valence-electron chi connectivity index (χ1n) is 27.9. The lowest BCUT2D eigenvalue weighted by molar-refractivity contribution is -0.148. The SMILES string of the molecule is CCOC(=O)CCI.CCOC(=O)CN1CN(c2ccccc2)C2(CCN(CCC(c3ccccc3)c3ccccc3)CC2)C1=O.O=C1NCN(c2ccccc2)C12CCN(CCC(c1ccccc1)c1ccccc1)CC2. The van der Waals surface area contributed by atoms with Gasteiger partial charge in [0.05, 0.1) is 33.0 Å². The normalized spacial score (nSPS) is 16.9. The zero-order chi connectivity index (χ0) is 54.6. The molecule has 4 aliphatic rings. The van der Waals surface area contributed by atoms with E-state index < -0.39 is 11.1 Å². The Balaban J connectivity index is 0.000000183. The molecule has 6 aromatic rings. The fraction of sp³-hybridized carbons (Fsp3) is 0.385. The summed E-state index contributed by atoms with van der Waals surface area (Å²) in [7, 11) is 0. The van der Waals surface area contributed by atoms with Gasteiger partial charge in [-0.05, 0) is 112 Å². The number of likely N-dealkylation sites (tertiary alicyclic amines) is 2. The fourth-order valence-corrected chi connectivity index (χ4v) is 12.2. The summed E-state index contributed by atoms with van der Waals surface area (Å²) in [6.07, 6.45) is 5.85. The van der Waals surface area contributed by atoms with Gasteiger partial charge in [-0.1, -0.05) is 180 Å². The van der Waals surface area contributed by atoms with E-state index in [1.165, 1.54) is 22.3 Å². The summed E-state index contributed by atoms with van der Waals surface area (Å²) in [4.78, 5) is 60.6. The van der Waals surface area contributed by atoms with Gasteiger partial charge in [0.15, 0.2) is 0 Å². The number of hydrogen-bond acceptors (Lipinski definition) is 10. The van der Waals surface area contributed by atoms with Crippen molar-refractivity contribution in [3.63, 3.8) is 0 Å². The number of anilines is 2. The average Bonchev–Trinajstić information content (AvgIpc) is 4.15. The first-order valence-corrected chi connectivity index (χ1v) is 29.4. The summed E-state index contributed by atoms with van der Waals surface area (Å²) in [5.41, 5.74) is 6.54. The number of benzene rings is 6. The Labute approximate surface area is 476 Å². The molecule has 0 bridgehead atoms. The molecule has 0 unspecified atom stereocenters. The van der Waals surface area contributed by atoms with Crippen molar-refractivity contribution < 1.29 is 28.7 Å². The molecule has 2 spiro atoms. The number of carbonyl (C=O) groups is 4. The number of nitrogens with zero attached hydrogens (tertiary/aromatic N) is 5. The van der Waals surface area contributed by atoms with Crippen LogP contribution < -0.4 is 15.1 Å². The highest BCUT2D eigenvalue weighted by Gasteiger charge is 2.54. The van der Waals surface area contributed by atoms with E-state index in [0.717, 1.165) is 93.6 Å². The maximum atomic E-state index is 13.8. The van der Waals surface area contributed by atoms with Crippen LogP contribution in [0.4, 0.5) is 11.4 Å². The molecule has 0 radical (unpaired) electrons. The molecule has 410 valence electrons. The Kier molecular flexibility index (Phi) is 21.3. The molecule has 4 aliphatic heterocycles. The van der Waals surface area contributed by atoms with Crippen molar-refractivity contribution in [2.24, 2.45) is 0 Å². The Morgan fingerprint density at radius 2 is 0.897 bits per heavy atom. The summed E-state index contributed by atoms with van der Waals surface area (Å²) in [5.74, 6) is 0.511. The summed E-state index contributed by atoms with van der Waals surface area (Å²) in [5, 5.41) is 3.11. The second-order valence-corrected chi connectivity index (χ2v) is 21.5. The second-order valence-electron chi connectivity index (χ2n) is 20.5. The molecule has 4 saturated heterocycles. The van der Waals surface area contributed by atoms with Gasteiger partial charge in [0, 0.05) is 53.8 Å². The highest BCUT2D eigenvalue weighted by atomic mass is 127. The summed E-state index contributed by atoms with van der Waals surface area (Å²) in [6, 6.07) is 63.6. The van der Waals surface area contributed by atoms with Crippen LogP contribution in [0.25, 0.3) is 0 Å². The quantitative estimate of drug-likeness (QED) is 0.0507. The zero-order valence-corrected chi connectivity index (χ0v) is 47.6. The van der Waals surface area contributed by atoms with Gasteiger partial charge in [0.2, 0.25) is 5.91 Å². The number of rotatable bonds is 18. The molecule has 0 aliphatic carbocycles. The topological polar surface area (TPSA) is 115 Å². The van der Waals surface area contributed by atoms with Gasteiger partial charge in [-0.15, -0.1) is 0 Å². The number of esters is 2. The lowest BCUT2D eigenvalue weighted by atomic mass is 9.84. The minimum Gasteiger partial charge on any atom is -0.466 e. The highest BCUT2D eigenvalue weighted by Crippen LogP contribution is 2.41.